The third-order valence-electron chi connectivity index (χ3n) is 3.98. The number of carbonyl (C=O) groups is 2. The average molecular weight is 397 g/mol. The lowest BCUT2D eigenvalue weighted by Crippen LogP contribution is -2.25. The molecule has 3 aromatic rings. The van der Waals surface area contributed by atoms with Crippen LogP contribution in [0.2, 0.25) is 0 Å². The summed E-state index contributed by atoms with van der Waals surface area (Å²) in [6, 6.07) is 16.1. The fraction of sp³-hybridized carbons (Fsp3) is 0.200. The number of aromatic nitrogens is 2. The molecule has 0 atom stereocenters. The predicted octanol–water partition coefficient (Wildman–Crippen LogP) is 2.69. The van der Waals surface area contributed by atoms with Crippen LogP contribution in [0, 0.1) is 0 Å². The van der Waals surface area contributed by atoms with Gasteiger partial charge in [-0.3, -0.25) is 19.0 Å². The molecule has 1 aromatic heterocycles. The first-order valence-electron chi connectivity index (χ1n) is 8.62. The molecular formula is C20H19N3O4S. The van der Waals surface area contributed by atoms with Crippen molar-refractivity contribution in [3.8, 4) is 0 Å². The summed E-state index contributed by atoms with van der Waals surface area (Å²) in [5, 5.41) is 3.64. The molecule has 28 heavy (non-hydrogen) atoms. The minimum Gasteiger partial charge on any atom is -0.469 e. The lowest BCUT2D eigenvalue weighted by atomic mass is 10.2. The third kappa shape index (κ3) is 4.77. The van der Waals surface area contributed by atoms with E-state index >= 15 is 0 Å². The second-order valence-electron chi connectivity index (χ2n) is 5.90. The lowest BCUT2D eigenvalue weighted by molar-refractivity contribution is -0.140. The zero-order chi connectivity index (χ0) is 19.9. The summed E-state index contributed by atoms with van der Waals surface area (Å²) < 4.78 is 6.07. The first-order valence-corrected chi connectivity index (χ1v) is 9.61. The Morgan fingerprint density at radius 1 is 1.11 bits per heavy atom. The van der Waals surface area contributed by atoms with Crippen molar-refractivity contribution in [2.24, 2.45) is 0 Å². The number of hydrogen-bond donors (Lipinski definition) is 1. The van der Waals surface area contributed by atoms with Crippen molar-refractivity contribution in [2.75, 3.05) is 18.2 Å². The molecule has 1 N–H and O–H groups in total. The van der Waals surface area contributed by atoms with Gasteiger partial charge in [0.2, 0.25) is 5.91 Å². The number of methoxy groups -OCH3 is 1. The van der Waals surface area contributed by atoms with E-state index in [9.17, 15) is 14.4 Å². The molecule has 8 heteroatoms. The normalized spacial score (nSPS) is 10.6. The van der Waals surface area contributed by atoms with E-state index < -0.39 is 5.97 Å². The zero-order valence-electron chi connectivity index (χ0n) is 15.3. The monoisotopic (exact) mass is 397 g/mol. The molecule has 0 aliphatic heterocycles. The van der Waals surface area contributed by atoms with Crippen LogP contribution in [0.4, 0.5) is 5.69 Å². The molecule has 0 saturated carbocycles. The van der Waals surface area contributed by atoms with Crippen LogP contribution in [0.3, 0.4) is 0 Å². The predicted molar refractivity (Wildman–Crippen MR) is 108 cm³/mol. The first-order chi connectivity index (χ1) is 13.6. The standard InChI is InChI=1S/C20H19N3O4S/c1-27-18(25)11-12-23-19(26)15-9-5-6-10-16(15)22-20(23)28-13-17(24)21-14-7-3-2-4-8-14/h2-10H,11-13H2,1H3,(H,21,24). The van der Waals surface area contributed by atoms with Crippen LogP contribution in [-0.2, 0) is 20.9 Å². The fourth-order valence-electron chi connectivity index (χ4n) is 2.61. The summed E-state index contributed by atoms with van der Waals surface area (Å²) >= 11 is 1.15. The SMILES string of the molecule is COC(=O)CCn1c(SCC(=O)Nc2ccccc2)nc2ccccc2c1=O. The molecule has 0 radical (unpaired) electrons. The van der Waals surface area contributed by atoms with Crippen molar-refractivity contribution >= 4 is 40.2 Å². The highest BCUT2D eigenvalue weighted by Crippen LogP contribution is 2.19. The Labute approximate surface area is 165 Å². The molecule has 0 spiro atoms. The number of thioether (sulfide) groups is 1. The molecule has 1 amide bonds. The van der Waals surface area contributed by atoms with Gasteiger partial charge >= 0.3 is 5.97 Å². The molecule has 0 aliphatic rings. The van der Waals surface area contributed by atoms with E-state index in [0.717, 1.165) is 11.8 Å². The quantitative estimate of drug-likeness (QED) is 0.375. The number of rotatable bonds is 7. The van der Waals surface area contributed by atoms with E-state index in [0.29, 0.717) is 21.7 Å². The Bertz CT molecular complexity index is 1050. The molecule has 2 aromatic carbocycles. The van der Waals surface area contributed by atoms with Crippen molar-refractivity contribution in [3.05, 3.63) is 65.0 Å². The van der Waals surface area contributed by atoms with Crippen LogP contribution in [0.5, 0.6) is 0 Å². The van der Waals surface area contributed by atoms with Gasteiger partial charge in [0.1, 0.15) is 0 Å². The van der Waals surface area contributed by atoms with Gasteiger partial charge in [-0.1, -0.05) is 42.1 Å². The summed E-state index contributed by atoms with van der Waals surface area (Å²) in [7, 11) is 1.30. The highest BCUT2D eigenvalue weighted by molar-refractivity contribution is 7.99. The van der Waals surface area contributed by atoms with Gasteiger partial charge in [0.05, 0.1) is 30.2 Å². The fourth-order valence-corrected chi connectivity index (χ4v) is 3.43. The summed E-state index contributed by atoms with van der Waals surface area (Å²) in [6.07, 6.45) is 0.0419. The maximum atomic E-state index is 12.8. The van der Waals surface area contributed by atoms with Crippen LogP contribution in [0.25, 0.3) is 10.9 Å². The van der Waals surface area contributed by atoms with E-state index in [1.165, 1.54) is 11.7 Å². The number of amides is 1. The number of hydrogen-bond acceptors (Lipinski definition) is 6. The van der Waals surface area contributed by atoms with Crippen LogP contribution in [-0.4, -0.2) is 34.3 Å². The van der Waals surface area contributed by atoms with Crippen molar-refractivity contribution in [1.82, 2.24) is 9.55 Å². The highest BCUT2D eigenvalue weighted by atomic mass is 32.2. The van der Waals surface area contributed by atoms with Crippen LogP contribution < -0.4 is 10.9 Å². The minimum atomic E-state index is -0.419. The molecule has 0 fully saturated rings. The maximum Gasteiger partial charge on any atom is 0.307 e. The van der Waals surface area contributed by atoms with E-state index in [1.807, 2.05) is 18.2 Å². The Morgan fingerprint density at radius 2 is 1.82 bits per heavy atom. The van der Waals surface area contributed by atoms with Gasteiger partial charge in [-0.15, -0.1) is 0 Å². The van der Waals surface area contributed by atoms with Crippen LogP contribution >= 0.6 is 11.8 Å². The zero-order valence-corrected chi connectivity index (χ0v) is 16.1. The van der Waals surface area contributed by atoms with E-state index in [4.69, 9.17) is 0 Å². The van der Waals surface area contributed by atoms with E-state index in [-0.39, 0.29) is 30.2 Å². The van der Waals surface area contributed by atoms with Gasteiger partial charge in [-0.05, 0) is 24.3 Å². The lowest BCUT2D eigenvalue weighted by Gasteiger charge is -2.12. The van der Waals surface area contributed by atoms with Crippen molar-refractivity contribution in [1.29, 1.82) is 0 Å². The maximum absolute atomic E-state index is 12.8. The topological polar surface area (TPSA) is 90.3 Å². The van der Waals surface area contributed by atoms with Gasteiger partial charge < -0.3 is 10.1 Å². The number of fused-ring (bicyclic) bond motifs is 1. The highest BCUT2D eigenvalue weighted by Gasteiger charge is 2.14. The molecule has 0 bridgehead atoms. The van der Waals surface area contributed by atoms with E-state index in [1.54, 1.807) is 36.4 Å². The Balaban J connectivity index is 1.82. The van der Waals surface area contributed by atoms with Gasteiger partial charge in [-0.25, -0.2) is 4.98 Å². The minimum absolute atomic E-state index is 0.0419. The van der Waals surface area contributed by atoms with Crippen LogP contribution in [0.1, 0.15) is 6.42 Å². The van der Waals surface area contributed by atoms with Gasteiger partial charge in [0.25, 0.3) is 5.56 Å². The Morgan fingerprint density at radius 3 is 2.57 bits per heavy atom. The first kappa shape index (κ1) is 19.6. The summed E-state index contributed by atoms with van der Waals surface area (Å²) in [6.45, 7) is 0.131. The number of nitrogens with one attached hydrogen (secondary N) is 1. The smallest absolute Gasteiger partial charge is 0.307 e. The van der Waals surface area contributed by atoms with E-state index in [2.05, 4.69) is 15.0 Å². The second-order valence-corrected chi connectivity index (χ2v) is 6.84. The number of benzene rings is 2. The molecular weight excluding hydrogens is 378 g/mol. The number of para-hydroxylation sites is 2. The third-order valence-corrected chi connectivity index (χ3v) is 4.96. The molecule has 7 nitrogen and oxygen atoms in total. The number of ether oxygens (including phenoxy) is 1. The molecule has 0 aliphatic carbocycles. The molecule has 144 valence electrons. The summed E-state index contributed by atoms with van der Waals surface area (Å²) in [5.41, 5.74) is 0.996. The number of anilines is 1. The molecule has 0 saturated heterocycles. The second kappa shape index (κ2) is 9.18. The Hall–Kier alpha value is -3.13. The van der Waals surface area contributed by atoms with Gasteiger partial charge in [-0.2, -0.15) is 0 Å². The van der Waals surface area contributed by atoms with Crippen LogP contribution in [0.15, 0.2) is 64.5 Å². The largest absolute Gasteiger partial charge is 0.469 e. The van der Waals surface area contributed by atoms with Crippen molar-refractivity contribution < 1.29 is 14.3 Å². The number of esters is 1. The molecule has 3 rings (SSSR count). The van der Waals surface area contributed by atoms with Crippen molar-refractivity contribution in [3.63, 3.8) is 0 Å². The summed E-state index contributed by atoms with van der Waals surface area (Å²) in [4.78, 5) is 41.1. The van der Waals surface area contributed by atoms with Gasteiger partial charge in [0.15, 0.2) is 5.16 Å². The molecule has 0 unspecified atom stereocenters. The summed E-state index contributed by atoms with van der Waals surface area (Å²) in [5.74, 6) is -0.547. The number of carbonyl (C=O) groups excluding carboxylic acids is 2. The number of nitrogens with zero attached hydrogens (tertiary/aromatic N) is 2. The average Bonchev–Trinajstić information content (AvgIpc) is 2.72. The van der Waals surface area contributed by atoms with Crippen molar-refractivity contribution in [2.45, 2.75) is 18.1 Å². The molecule has 1 heterocycles. The Kier molecular flexibility index (Phi) is 6.44. The van der Waals surface area contributed by atoms with Gasteiger partial charge in [0, 0.05) is 12.2 Å².